The third-order valence-corrected chi connectivity index (χ3v) is 3.08. The average molecular weight is 245 g/mol. The lowest BCUT2D eigenvalue weighted by atomic mass is 9.98. The number of nitrogens with one attached hydrogen (secondary N) is 1. The summed E-state index contributed by atoms with van der Waals surface area (Å²) in [6, 6.07) is 10.3. The van der Waals surface area contributed by atoms with Crippen molar-refractivity contribution in [3.05, 3.63) is 53.9 Å². The molecular weight excluding hydrogens is 226 g/mol. The molecular formula is C14H19N3O. The number of aryl methyl sites for hydroxylation is 1. The van der Waals surface area contributed by atoms with Crippen LogP contribution in [0.3, 0.4) is 0 Å². The Labute approximate surface area is 108 Å². The van der Waals surface area contributed by atoms with Gasteiger partial charge in [-0.3, -0.25) is 4.68 Å². The Morgan fingerprint density at radius 2 is 1.94 bits per heavy atom. The Morgan fingerprint density at radius 1 is 1.22 bits per heavy atom. The highest BCUT2D eigenvalue weighted by molar-refractivity contribution is 5.23. The number of nitrogens with zero attached hydrogens (tertiary/aromatic N) is 2. The van der Waals surface area contributed by atoms with Crippen molar-refractivity contribution in [2.24, 2.45) is 7.05 Å². The van der Waals surface area contributed by atoms with Gasteiger partial charge in [-0.05, 0) is 12.6 Å². The van der Waals surface area contributed by atoms with Gasteiger partial charge in [0.2, 0.25) is 0 Å². The monoisotopic (exact) mass is 245 g/mol. The van der Waals surface area contributed by atoms with Gasteiger partial charge in [-0.2, -0.15) is 5.10 Å². The molecule has 2 unspecified atom stereocenters. The predicted octanol–water partition coefficient (Wildman–Crippen LogP) is 2.07. The van der Waals surface area contributed by atoms with Crippen LogP contribution in [0.5, 0.6) is 0 Å². The Kier molecular flexibility index (Phi) is 4.12. The summed E-state index contributed by atoms with van der Waals surface area (Å²) in [6.45, 7) is 0. The van der Waals surface area contributed by atoms with Crippen LogP contribution in [0.4, 0.5) is 0 Å². The molecule has 2 atom stereocenters. The van der Waals surface area contributed by atoms with E-state index < -0.39 is 0 Å². The SMILES string of the molecule is CNC(c1cnn(C)c1)C(OC)c1ccccc1. The number of hydrogen-bond donors (Lipinski definition) is 1. The predicted molar refractivity (Wildman–Crippen MR) is 71.2 cm³/mol. The standard InChI is InChI=1S/C14H19N3O/c1-15-13(12-9-16-17(2)10-12)14(18-3)11-7-5-4-6-8-11/h4-10,13-15H,1-3H3. The van der Waals surface area contributed by atoms with E-state index in [-0.39, 0.29) is 12.1 Å². The van der Waals surface area contributed by atoms with Crippen LogP contribution >= 0.6 is 0 Å². The topological polar surface area (TPSA) is 39.1 Å². The molecule has 96 valence electrons. The van der Waals surface area contributed by atoms with Crippen LogP contribution < -0.4 is 5.32 Å². The molecule has 0 radical (unpaired) electrons. The Hall–Kier alpha value is -1.65. The molecule has 1 N–H and O–H groups in total. The summed E-state index contributed by atoms with van der Waals surface area (Å²) in [5, 5.41) is 7.52. The molecule has 1 aromatic heterocycles. The van der Waals surface area contributed by atoms with Gasteiger partial charge in [-0.1, -0.05) is 30.3 Å². The van der Waals surface area contributed by atoms with E-state index in [9.17, 15) is 0 Å². The zero-order valence-electron chi connectivity index (χ0n) is 11.0. The molecule has 2 rings (SSSR count). The van der Waals surface area contributed by atoms with Crippen LogP contribution in [0.1, 0.15) is 23.3 Å². The van der Waals surface area contributed by atoms with Gasteiger partial charge in [-0.25, -0.2) is 0 Å². The van der Waals surface area contributed by atoms with E-state index >= 15 is 0 Å². The molecule has 0 aliphatic heterocycles. The Morgan fingerprint density at radius 3 is 2.44 bits per heavy atom. The maximum atomic E-state index is 5.65. The highest BCUT2D eigenvalue weighted by Crippen LogP contribution is 2.30. The summed E-state index contributed by atoms with van der Waals surface area (Å²) in [5.41, 5.74) is 2.28. The summed E-state index contributed by atoms with van der Waals surface area (Å²) >= 11 is 0. The Bertz CT molecular complexity index is 481. The summed E-state index contributed by atoms with van der Waals surface area (Å²) in [4.78, 5) is 0. The molecule has 0 amide bonds. The lowest BCUT2D eigenvalue weighted by Gasteiger charge is -2.25. The van der Waals surface area contributed by atoms with Crippen LogP contribution in [-0.4, -0.2) is 23.9 Å². The second-order valence-electron chi connectivity index (χ2n) is 4.28. The van der Waals surface area contributed by atoms with E-state index in [0.717, 1.165) is 11.1 Å². The van der Waals surface area contributed by atoms with Gasteiger partial charge in [0.05, 0.1) is 12.2 Å². The number of aromatic nitrogens is 2. The minimum Gasteiger partial charge on any atom is -0.375 e. The molecule has 0 saturated heterocycles. The highest BCUT2D eigenvalue weighted by Gasteiger charge is 2.24. The number of likely N-dealkylation sites (N-methyl/N-ethyl adjacent to an activating group) is 1. The molecule has 0 spiro atoms. The van der Waals surface area contributed by atoms with E-state index in [4.69, 9.17) is 4.74 Å². The molecule has 2 aromatic rings. The first-order chi connectivity index (χ1) is 8.76. The fourth-order valence-corrected chi connectivity index (χ4v) is 2.20. The minimum atomic E-state index is -0.0274. The van der Waals surface area contributed by atoms with Crippen LogP contribution in [0, 0.1) is 0 Å². The third kappa shape index (κ3) is 2.60. The molecule has 1 heterocycles. The molecule has 1 aromatic carbocycles. The van der Waals surface area contributed by atoms with Gasteiger partial charge >= 0.3 is 0 Å². The number of hydrogen-bond acceptors (Lipinski definition) is 3. The van der Waals surface area contributed by atoms with Crippen molar-refractivity contribution in [2.75, 3.05) is 14.2 Å². The summed E-state index contributed by atoms with van der Waals surface area (Å²) in [7, 11) is 5.59. The second kappa shape index (κ2) is 5.80. The normalized spacial score (nSPS) is 14.4. The molecule has 0 saturated carbocycles. The van der Waals surface area contributed by atoms with Gasteiger partial charge in [0, 0.05) is 25.9 Å². The maximum Gasteiger partial charge on any atom is 0.102 e. The van der Waals surface area contributed by atoms with E-state index in [1.807, 2.05) is 44.7 Å². The van der Waals surface area contributed by atoms with E-state index in [0.29, 0.717) is 0 Å². The first-order valence-electron chi connectivity index (χ1n) is 5.99. The number of methoxy groups -OCH3 is 1. The molecule has 0 fully saturated rings. The summed E-state index contributed by atoms with van der Waals surface area (Å²) < 4.78 is 7.46. The van der Waals surface area contributed by atoms with Crippen molar-refractivity contribution < 1.29 is 4.74 Å². The van der Waals surface area contributed by atoms with Crippen molar-refractivity contribution >= 4 is 0 Å². The number of ether oxygens (including phenoxy) is 1. The fraction of sp³-hybridized carbons (Fsp3) is 0.357. The summed E-state index contributed by atoms with van der Waals surface area (Å²) in [5.74, 6) is 0. The number of rotatable bonds is 5. The van der Waals surface area contributed by atoms with Crippen molar-refractivity contribution in [3.8, 4) is 0 Å². The number of benzene rings is 1. The van der Waals surface area contributed by atoms with E-state index in [1.54, 1.807) is 11.8 Å². The first kappa shape index (κ1) is 12.8. The molecule has 18 heavy (non-hydrogen) atoms. The fourth-order valence-electron chi connectivity index (χ4n) is 2.20. The van der Waals surface area contributed by atoms with Crippen molar-refractivity contribution in [1.82, 2.24) is 15.1 Å². The van der Waals surface area contributed by atoms with Crippen LogP contribution in [0.25, 0.3) is 0 Å². The maximum absolute atomic E-state index is 5.65. The van der Waals surface area contributed by atoms with Crippen LogP contribution in [0.15, 0.2) is 42.7 Å². The molecule has 0 aliphatic rings. The van der Waals surface area contributed by atoms with Gasteiger partial charge in [0.1, 0.15) is 6.10 Å². The molecule has 0 aliphatic carbocycles. The largest absolute Gasteiger partial charge is 0.375 e. The zero-order chi connectivity index (χ0) is 13.0. The quantitative estimate of drug-likeness (QED) is 0.876. The van der Waals surface area contributed by atoms with Crippen molar-refractivity contribution in [3.63, 3.8) is 0 Å². The van der Waals surface area contributed by atoms with Gasteiger partial charge in [0.25, 0.3) is 0 Å². The second-order valence-corrected chi connectivity index (χ2v) is 4.28. The molecule has 0 bridgehead atoms. The zero-order valence-corrected chi connectivity index (χ0v) is 11.0. The van der Waals surface area contributed by atoms with E-state index in [1.165, 1.54) is 0 Å². The first-order valence-corrected chi connectivity index (χ1v) is 5.99. The minimum absolute atomic E-state index is 0.0274. The lowest BCUT2D eigenvalue weighted by molar-refractivity contribution is 0.0702. The van der Waals surface area contributed by atoms with Crippen molar-refractivity contribution in [2.45, 2.75) is 12.1 Å². The van der Waals surface area contributed by atoms with Crippen LogP contribution in [-0.2, 0) is 11.8 Å². The molecule has 4 nitrogen and oxygen atoms in total. The van der Waals surface area contributed by atoms with Gasteiger partial charge in [0.15, 0.2) is 0 Å². The van der Waals surface area contributed by atoms with Gasteiger partial charge < -0.3 is 10.1 Å². The summed E-state index contributed by atoms with van der Waals surface area (Å²) in [6.07, 6.45) is 3.85. The average Bonchev–Trinajstić information content (AvgIpc) is 2.83. The lowest BCUT2D eigenvalue weighted by Crippen LogP contribution is -2.24. The van der Waals surface area contributed by atoms with Crippen molar-refractivity contribution in [1.29, 1.82) is 0 Å². The smallest absolute Gasteiger partial charge is 0.102 e. The van der Waals surface area contributed by atoms with E-state index in [2.05, 4.69) is 22.5 Å². The molecule has 4 heteroatoms. The highest BCUT2D eigenvalue weighted by atomic mass is 16.5. The Balaban J connectivity index is 2.30. The van der Waals surface area contributed by atoms with Crippen LogP contribution in [0.2, 0.25) is 0 Å². The van der Waals surface area contributed by atoms with Gasteiger partial charge in [-0.15, -0.1) is 0 Å². The third-order valence-electron chi connectivity index (χ3n) is 3.08.